The quantitative estimate of drug-likeness (QED) is 0.646. The molecule has 2 unspecified atom stereocenters. The third-order valence-electron chi connectivity index (χ3n) is 5.11. The van der Waals surface area contributed by atoms with Crippen LogP contribution in [-0.4, -0.2) is 23.5 Å². The first-order valence-electron chi connectivity index (χ1n) is 8.00. The number of hydrogen-bond acceptors (Lipinski definition) is 3. The van der Waals surface area contributed by atoms with Gasteiger partial charge < -0.3 is 0 Å². The molecule has 1 aliphatic rings. The molecule has 2 rings (SSSR count). The molecule has 1 fully saturated rings. The maximum absolute atomic E-state index is 13.9. The maximum Gasteiger partial charge on any atom is 0.126 e. The molecule has 0 bridgehead atoms. The van der Waals surface area contributed by atoms with E-state index in [-0.39, 0.29) is 17.4 Å². The first-order valence-corrected chi connectivity index (χ1v) is 8.00. The van der Waals surface area contributed by atoms with Crippen LogP contribution in [0.5, 0.6) is 0 Å². The molecule has 1 aromatic carbocycles. The second-order valence-corrected chi connectivity index (χ2v) is 6.37. The third-order valence-corrected chi connectivity index (χ3v) is 5.11. The van der Waals surface area contributed by atoms with Crippen molar-refractivity contribution < 1.29 is 4.39 Å². The Morgan fingerprint density at radius 3 is 2.52 bits per heavy atom. The Morgan fingerprint density at radius 2 is 2.00 bits per heavy atom. The van der Waals surface area contributed by atoms with Crippen LogP contribution in [0, 0.1) is 12.7 Å². The van der Waals surface area contributed by atoms with Crippen LogP contribution in [0.15, 0.2) is 18.2 Å². The van der Waals surface area contributed by atoms with Crippen LogP contribution in [0.1, 0.15) is 56.7 Å². The van der Waals surface area contributed by atoms with Crippen molar-refractivity contribution in [2.24, 2.45) is 5.84 Å². The summed E-state index contributed by atoms with van der Waals surface area (Å²) in [6, 6.07) is 5.37. The van der Waals surface area contributed by atoms with Crippen molar-refractivity contribution >= 4 is 0 Å². The highest BCUT2D eigenvalue weighted by Crippen LogP contribution is 2.36. The second-order valence-electron chi connectivity index (χ2n) is 6.37. The average molecular weight is 293 g/mol. The first kappa shape index (κ1) is 16.4. The van der Waals surface area contributed by atoms with E-state index in [2.05, 4.69) is 24.2 Å². The van der Waals surface area contributed by atoms with Gasteiger partial charge in [-0.1, -0.05) is 25.5 Å². The van der Waals surface area contributed by atoms with Crippen molar-refractivity contribution in [2.45, 2.75) is 58.0 Å². The van der Waals surface area contributed by atoms with Gasteiger partial charge in [0.05, 0.1) is 6.04 Å². The molecule has 1 heterocycles. The zero-order valence-electron chi connectivity index (χ0n) is 13.5. The highest BCUT2D eigenvalue weighted by Gasteiger charge is 2.39. The Balaban J connectivity index is 2.33. The molecule has 0 radical (unpaired) electrons. The molecule has 1 aliphatic heterocycles. The molecule has 3 N–H and O–H groups in total. The standard InChI is InChI=1S/C17H28FN3/c1-4-17(3,21-10-6-5-7-11-21)16(20-19)14-9-8-13(2)15(18)12-14/h8-9,12,16,20H,4-7,10-11,19H2,1-3H3. The molecule has 1 saturated heterocycles. The van der Waals surface area contributed by atoms with Crippen molar-refractivity contribution in [1.29, 1.82) is 0 Å². The van der Waals surface area contributed by atoms with E-state index >= 15 is 0 Å². The number of nitrogens with one attached hydrogen (secondary N) is 1. The van der Waals surface area contributed by atoms with E-state index in [1.54, 1.807) is 13.0 Å². The number of hydrazine groups is 1. The molecule has 0 amide bonds. The summed E-state index contributed by atoms with van der Waals surface area (Å²) in [7, 11) is 0. The molecule has 3 nitrogen and oxygen atoms in total. The van der Waals surface area contributed by atoms with E-state index in [0.29, 0.717) is 5.56 Å². The minimum Gasteiger partial charge on any atom is -0.296 e. The SMILES string of the molecule is CCC(C)(C(NN)c1ccc(C)c(F)c1)N1CCCCC1. The number of halogens is 1. The zero-order chi connectivity index (χ0) is 15.5. The molecule has 0 spiro atoms. The van der Waals surface area contributed by atoms with Crippen LogP contribution in [0.25, 0.3) is 0 Å². The number of piperidine rings is 1. The molecule has 118 valence electrons. The predicted molar refractivity (Wildman–Crippen MR) is 85.3 cm³/mol. The van der Waals surface area contributed by atoms with E-state index in [0.717, 1.165) is 25.1 Å². The van der Waals surface area contributed by atoms with E-state index in [1.165, 1.54) is 19.3 Å². The monoisotopic (exact) mass is 293 g/mol. The minimum atomic E-state index is -0.162. The van der Waals surface area contributed by atoms with E-state index in [1.807, 2.05) is 12.1 Å². The topological polar surface area (TPSA) is 41.3 Å². The molecular formula is C17H28FN3. The summed E-state index contributed by atoms with van der Waals surface area (Å²) in [5.41, 5.74) is 4.44. The van der Waals surface area contributed by atoms with Gasteiger partial charge in [0.1, 0.15) is 5.82 Å². The van der Waals surface area contributed by atoms with Crippen LogP contribution in [0.4, 0.5) is 4.39 Å². The van der Waals surface area contributed by atoms with Crippen LogP contribution < -0.4 is 11.3 Å². The van der Waals surface area contributed by atoms with Crippen LogP contribution in [0.3, 0.4) is 0 Å². The molecule has 0 aromatic heterocycles. The summed E-state index contributed by atoms with van der Waals surface area (Å²) in [6.07, 6.45) is 4.73. The number of nitrogens with zero attached hydrogens (tertiary/aromatic N) is 1. The van der Waals surface area contributed by atoms with Crippen molar-refractivity contribution in [2.75, 3.05) is 13.1 Å². The number of aryl methyl sites for hydroxylation is 1. The predicted octanol–water partition coefficient (Wildman–Crippen LogP) is 3.29. The average Bonchev–Trinajstić information content (AvgIpc) is 2.52. The van der Waals surface area contributed by atoms with Gasteiger partial charge in [0, 0.05) is 5.54 Å². The van der Waals surface area contributed by atoms with Gasteiger partial charge in [-0.3, -0.25) is 16.2 Å². The zero-order valence-corrected chi connectivity index (χ0v) is 13.5. The molecule has 0 saturated carbocycles. The summed E-state index contributed by atoms with van der Waals surface area (Å²) < 4.78 is 13.9. The normalized spacial score (nSPS) is 21.0. The van der Waals surface area contributed by atoms with Crippen LogP contribution >= 0.6 is 0 Å². The lowest BCUT2D eigenvalue weighted by atomic mass is 9.82. The third kappa shape index (κ3) is 3.28. The Hall–Kier alpha value is -0.970. The largest absolute Gasteiger partial charge is 0.296 e. The Morgan fingerprint density at radius 1 is 1.33 bits per heavy atom. The number of hydrogen-bond donors (Lipinski definition) is 2. The minimum absolute atomic E-state index is 0.0734. The number of likely N-dealkylation sites (tertiary alicyclic amines) is 1. The van der Waals surface area contributed by atoms with Crippen LogP contribution in [-0.2, 0) is 0 Å². The Kier molecular flexibility index (Phi) is 5.36. The molecule has 21 heavy (non-hydrogen) atoms. The molecule has 4 heteroatoms. The number of benzene rings is 1. The highest BCUT2D eigenvalue weighted by atomic mass is 19.1. The lowest BCUT2D eigenvalue weighted by molar-refractivity contribution is 0.0423. The van der Waals surface area contributed by atoms with Gasteiger partial charge >= 0.3 is 0 Å². The summed E-state index contributed by atoms with van der Waals surface area (Å²) in [6.45, 7) is 8.39. The summed E-state index contributed by atoms with van der Waals surface area (Å²) in [5, 5.41) is 0. The van der Waals surface area contributed by atoms with E-state index in [9.17, 15) is 4.39 Å². The highest BCUT2D eigenvalue weighted by molar-refractivity contribution is 5.28. The maximum atomic E-state index is 13.9. The summed E-state index contributed by atoms with van der Waals surface area (Å²) in [4.78, 5) is 2.51. The molecular weight excluding hydrogens is 265 g/mol. The van der Waals surface area contributed by atoms with Gasteiger partial charge in [-0.15, -0.1) is 0 Å². The van der Waals surface area contributed by atoms with Gasteiger partial charge in [0.15, 0.2) is 0 Å². The van der Waals surface area contributed by atoms with Crippen molar-refractivity contribution in [3.05, 3.63) is 35.1 Å². The Bertz CT molecular complexity index is 471. The Labute approximate surface area is 127 Å². The molecule has 0 aliphatic carbocycles. The lowest BCUT2D eigenvalue weighted by Crippen LogP contribution is -2.57. The van der Waals surface area contributed by atoms with Crippen molar-refractivity contribution in [1.82, 2.24) is 10.3 Å². The van der Waals surface area contributed by atoms with E-state index in [4.69, 9.17) is 5.84 Å². The molecule has 1 aromatic rings. The smallest absolute Gasteiger partial charge is 0.126 e. The van der Waals surface area contributed by atoms with E-state index < -0.39 is 0 Å². The number of rotatable bonds is 5. The van der Waals surface area contributed by atoms with Crippen molar-refractivity contribution in [3.8, 4) is 0 Å². The first-order chi connectivity index (χ1) is 10.0. The second kappa shape index (κ2) is 6.86. The van der Waals surface area contributed by atoms with Crippen LogP contribution in [0.2, 0.25) is 0 Å². The fourth-order valence-corrected chi connectivity index (χ4v) is 3.44. The summed E-state index contributed by atoms with van der Waals surface area (Å²) in [5.74, 6) is 5.70. The van der Waals surface area contributed by atoms with Gasteiger partial charge in [-0.2, -0.15) is 0 Å². The van der Waals surface area contributed by atoms with Crippen molar-refractivity contribution in [3.63, 3.8) is 0 Å². The fourth-order valence-electron chi connectivity index (χ4n) is 3.44. The molecule has 2 atom stereocenters. The van der Waals surface area contributed by atoms with Gasteiger partial charge in [0.25, 0.3) is 0 Å². The fraction of sp³-hybridized carbons (Fsp3) is 0.647. The van der Waals surface area contributed by atoms with Gasteiger partial charge in [-0.25, -0.2) is 4.39 Å². The lowest BCUT2D eigenvalue weighted by Gasteiger charge is -2.48. The number of nitrogens with two attached hydrogens (primary N) is 1. The van der Waals surface area contributed by atoms with Gasteiger partial charge in [0.2, 0.25) is 0 Å². The summed E-state index contributed by atoms with van der Waals surface area (Å²) >= 11 is 0. The van der Waals surface area contributed by atoms with Gasteiger partial charge in [-0.05, 0) is 63.4 Å².